The molecule has 0 spiro atoms. The van der Waals surface area contributed by atoms with Gasteiger partial charge in [0.05, 0.1) is 16.9 Å². The van der Waals surface area contributed by atoms with Crippen molar-refractivity contribution in [1.29, 1.82) is 0 Å². The highest BCUT2D eigenvalue weighted by molar-refractivity contribution is 6.62. The number of hydrogen-bond acceptors (Lipinski definition) is 3. The number of rotatable bonds is 5. The highest BCUT2D eigenvalue weighted by atomic mass is 16.7. The van der Waals surface area contributed by atoms with Gasteiger partial charge in [-0.1, -0.05) is 98.6 Å². The molecule has 1 aliphatic rings. The normalized spacial score (nSPS) is 18.6. The molecule has 1 fully saturated rings. The Morgan fingerprint density at radius 2 is 1.28 bits per heavy atom. The lowest BCUT2D eigenvalue weighted by Crippen LogP contribution is -2.41. The number of nitrogens with zero attached hydrogens (tertiary/aromatic N) is 1. The molecule has 3 aromatic rings. The smallest absolute Gasteiger partial charge is 0.399 e. The van der Waals surface area contributed by atoms with Crippen LogP contribution in [0, 0.1) is 0 Å². The SMILES string of the molecule is C=CC(/C(C)=N/C(c1ccc(B2OC(C)(C)C(C)(C)O2)cc1)=c1/ccccc1=C)=c1/ccccc1=C. The molecule has 0 unspecified atom stereocenters. The van der Waals surface area contributed by atoms with E-state index < -0.39 is 7.12 Å². The average molecular weight is 475 g/mol. The minimum absolute atomic E-state index is 0.386. The number of allylic oxidation sites excluding steroid dienone is 1. The van der Waals surface area contributed by atoms with Crippen LogP contribution in [0.1, 0.15) is 40.2 Å². The van der Waals surface area contributed by atoms with Gasteiger partial charge in [-0.05, 0) is 55.7 Å². The minimum Gasteiger partial charge on any atom is -0.399 e. The molecule has 182 valence electrons. The Kier molecular flexibility index (Phi) is 7.04. The maximum Gasteiger partial charge on any atom is 0.494 e. The molecule has 3 aromatic carbocycles. The fraction of sp³-hybridized carbons (Fsp3) is 0.219. The Morgan fingerprint density at radius 1 is 0.778 bits per heavy atom. The topological polar surface area (TPSA) is 30.8 Å². The molecule has 1 heterocycles. The number of hydrogen-bond donors (Lipinski definition) is 0. The lowest BCUT2D eigenvalue weighted by atomic mass is 9.78. The minimum atomic E-state index is -0.410. The van der Waals surface area contributed by atoms with E-state index in [1.807, 2.05) is 55.5 Å². The molecule has 0 bridgehead atoms. The maximum atomic E-state index is 6.24. The van der Waals surface area contributed by atoms with Crippen LogP contribution in [0.4, 0.5) is 0 Å². The van der Waals surface area contributed by atoms with Crippen molar-refractivity contribution in [3.05, 3.63) is 112 Å². The van der Waals surface area contributed by atoms with E-state index in [1.54, 1.807) is 0 Å². The van der Waals surface area contributed by atoms with E-state index >= 15 is 0 Å². The van der Waals surface area contributed by atoms with Crippen LogP contribution < -0.4 is 26.3 Å². The standard InChI is InChI=1S/C32H34BNO2/c1-9-27(28-16-12-10-14-22(28)2)24(4)34-30(29-17-13-11-15-23(29)3)25-18-20-26(21-19-25)33-35-31(5,6)32(7,8)36-33/h9-21H,1-3H2,4-8H3/b28-27+,30-29-,34-24+. The van der Waals surface area contributed by atoms with Gasteiger partial charge in [-0.15, -0.1) is 0 Å². The summed E-state index contributed by atoms with van der Waals surface area (Å²) in [5, 5.41) is 3.85. The Labute approximate surface area is 214 Å². The van der Waals surface area contributed by atoms with Crippen LogP contribution in [0.15, 0.2) is 90.4 Å². The molecule has 4 rings (SSSR count). The van der Waals surface area contributed by atoms with Crippen molar-refractivity contribution in [2.45, 2.75) is 45.8 Å². The first-order chi connectivity index (χ1) is 17.0. The second kappa shape index (κ2) is 9.89. The summed E-state index contributed by atoms with van der Waals surface area (Å²) in [6.45, 7) is 22.8. The van der Waals surface area contributed by atoms with Crippen molar-refractivity contribution < 1.29 is 9.31 Å². The van der Waals surface area contributed by atoms with Crippen LogP contribution in [0.3, 0.4) is 0 Å². The van der Waals surface area contributed by atoms with Crippen LogP contribution in [0.2, 0.25) is 0 Å². The van der Waals surface area contributed by atoms with E-state index in [9.17, 15) is 0 Å². The van der Waals surface area contributed by atoms with E-state index in [0.717, 1.165) is 48.9 Å². The van der Waals surface area contributed by atoms with Crippen molar-refractivity contribution in [1.82, 2.24) is 0 Å². The Hall–Kier alpha value is -3.47. The van der Waals surface area contributed by atoms with Crippen LogP contribution in [-0.4, -0.2) is 24.0 Å². The molecule has 36 heavy (non-hydrogen) atoms. The van der Waals surface area contributed by atoms with Gasteiger partial charge in [0.15, 0.2) is 0 Å². The Balaban J connectivity index is 1.84. The van der Waals surface area contributed by atoms with Gasteiger partial charge < -0.3 is 9.31 Å². The maximum absolute atomic E-state index is 6.24. The van der Waals surface area contributed by atoms with E-state index in [2.05, 4.69) is 77.8 Å². The highest BCUT2D eigenvalue weighted by Gasteiger charge is 2.51. The van der Waals surface area contributed by atoms with Crippen LogP contribution in [0.25, 0.3) is 24.4 Å². The third kappa shape index (κ3) is 4.93. The summed E-state index contributed by atoms with van der Waals surface area (Å²) >= 11 is 0. The first-order valence-electron chi connectivity index (χ1n) is 12.2. The van der Waals surface area contributed by atoms with E-state index in [-0.39, 0.29) is 11.2 Å². The van der Waals surface area contributed by atoms with Gasteiger partial charge >= 0.3 is 7.12 Å². The molecule has 0 radical (unpaired) electrons. The van der Waals surface area contributed by atoms with Gasteiger partial charge in [0, 0.05) is 22.1 Å². The molecular weight excluding hydrogens is 441 g/mol. The summed E-state index contributed by atoms with van der Waals surface area (Å²) in [7, 11) is -0.410. The van der Waals surface area contributed by atoms with Crippen molar-refractivity contribution in [2.75, 3.05) is 0 Å². The number of aliphatic imine (C=N–C) groups is 1. The fourth-order valence-corrected chi connectivity index (χ4v) is 4.27. The molecular formula is C32H34BNO2. The van der Waals surface area contributed by atoms with Crippen molar-refractivity contribution in [2.24, 2.45) is 4.99 Å². The largest absolute Gasteiger partial charge is 0.494 e. The number of benzene rings is 3. The Morgan fingerprint density at radius 3 is 1.78 bits per heavy atom. The summed E-state index contributed by atoms with van der Waals surface area (Å²) in [6, 6.07) is 24.3. The van der Waals surface area contributed by atoms with Gasteiger partial charge in [-0.2, -0.15) is 0 Å². The zero-order valence-electron chi connectivity index (χ0n) is 22.0. The predicted octanol–water partition coefficient (Wildman–Crippen LogP) is 3.46. The molecule has 0 aliphatic carbocycles. The lowest BCUT2D eigenvalue weighted by molar-refractivity contribution is 0.00578. The van der Waals surface area contributed by atoms with Gasteiger partial charge in [0.1, 0.15) is 0 Å². The second-order valence-corrected chi connectivity index (χ2v) is 10.2. The van der Waals surface area contributed by atoms with Crippen molar-refractivity contribution >= 4 is 42.7 Å². The molecule has 0 saturated carbocycles. The van der Waals surface area contributed by atoms with Crippen LogP contribution in [0.5, 0.6) is 0 Å². The third-order valence-electron chi connectivity index (χ3n) is 7.16. The van der Waals surface area contributed by atoms with Gasteiger partial charge in [0.2, 0.25) is 0 Å². The van der Waals surface area contributed by atoms with Crippen molar-refractivity contribution in [3.63, 3.8) is 0 Å². The summed E-state index contributed by atoms with van der Waals surface area (Å²) in [6.07, 6.45) is 1.85. The lowest BCUT2D eigenvalue weighted by Gasteiger charge is -2.32. The van der Waals surface area contributed by atoms with E-state index in [4.69, 9.17) is 14.3 Å². The van der Waals surface area contributed by atoms with Crippen LogP contribution >= 0.6 is 0 Å². The molecule has 1 aliphatic heterocycles. The summed E-state index contributed by atoms with van der Waals surface area (Å²) in [5.41, 5.74) is 3.84. The molecule has 4 heteroatoms. The fourth-order valence-electron chi connectivity index (χ4n) is 4.27. The first-order valence-corrected chi connectivity index (χ1v) is 12.2. The highest BCUT2D eigenvalue weighted by Crippen LogP contribution is 2.36. The van der Waals surface area contributed by atoms with Gasteiger partial charge in [-0.3, -0.25) is 4.99 Å². The molecule has 1 saturated heterocycles. The third-order valence-corrected chi connectivity index (χ3v) is 7.16. The summed E-state index contributed by atoms with van der Waals surface area (Å²) in [5.74, 6) is 0. The summed E-state index contributed by atoms with van der Waals surface area (Å²) < 4.78 is 12.5. The Bertz CT molecular complexity index is 1530. The summed E-state index contributed by atoms with van der Waals surface area (Å²) in [4.78, 5) is 5.13. The van der Waals surface area contributed by atoms with Gasteiger partial charge in [-0.25, -0.2) is 0 Å². The van der Waals surface area contributed by atoms with Gasteiger partial charge in [0.25, 0.3) is 0 Å². The zero-order valence-corrected chi connectivity index (χ0v) is 22.0. The first kappa shape index (κ1) is 25.6. The van der Waals surface area contributed by atoms with Crippen LogP contribution in [-0.2, 0) is 9.31 Å². The molecule has 0 amide bonds. The molecule has 0 aromatic heterocycles. The average Bonchev–Trinajstić information content (AvgIpc) is 3.06. The second-order valence-electron chi connectivity index (χ2n) is 10.2. The quantitative estimate of drug-likeness (QED) is 0.418. The molecule has 3 nitrogen and oxygen atoms in total. The predicted molar refractivity (Wildman–Crippen MR) is 154 cm³/mol. The van der Waals surface area contributed by atoms with E-state index in [0.29, 0.717) is 0 Å². The van der Waals surface area contributed by atoms with E-state index in [1.165, 1.54) is 0 Å². The zero-order chi connectivity index (χ0) is 26.1. The molecule has 0 N–H and O–H groups in total. The van der Waals surface area contributed by atoms with Crippen molar-refractivity contribution in [3.8, 4) is 0 Å². The molecule has 0 atom stereocenters. The monoisotopic (exact) mass is 475 g/mol.